The lowest BCUT2D eigenvalue weighted by Crippen LogP contribution is -2.23. The number of nitrogens with zero attached hydrogens (tertiary/aromatic N) is 3. The van der Waals surface area contributed by atoms with Crippen LogP contribution in [0.1, 0.15) is 38.1 Å². The molecule has 1 aliphatic rings. The molecule has 1 aliphatic carbocycles. The van der Waals surface area contributed by atoms with Crippen LogP contribution in [-0.4, -0.2) is 9.55 Å². The maximum atomic E-state index is 6.23. The summed E-state index contributed by atoms with van der Waals surface area (Å²) < 4.78 is 2.42. The summed E-state index contributed by atoms with van der Waals surface area (Å²) in [5.41, 5.74) is 3.26. The van der Waals surface area contributed by atoms with Crippen molar-refractivity contribution in [2.75, 3.05) is 0 Å². The summed E-state index contributed by atoms with van der Waals surface area (Å²) in [5.74, 6) is 0. The van der Waals surface area contributed by atoms with E-state index >= 15 is 0 Å². The van der Waals surface area contributed by atoms with Crippen molar-refractivity contribution in [2.24, 2.45) is 4.99 Å². The summed E-state index contributed by atoms with van der Waals surface area (Å²) in [4.78, 5) is 10.1. The standard InChI is InChI=1S/C20H20ClN3S/c21-16-7-4-6-15(12-16)19-14-25-20(23-17-8-5-11-22-13-17)24(19)18-9-2-1-3-10-18/h4-8,11-14,18H,1-3,9-10H2. The van der Waals surface area contributed by atoms with Crippen LogP contribution in [0.2, 0.25) is 5.02 Å². The van der Waals surface area contributed by atoms with Crippen molar-refractivity contribution in [1.29, 1.82) is 0 Å². The molecule has 0 N–H and O–H groups in total. The molecule has 2 heterocycles. The quantitative estimate of drug-likeness (QED) is 0.556. The Morgan fingerprint density at radius 2 is 2.00 bits per heavy atom. The van der Waals surface area contributed by atoms with Crippen LogP contribution in [0.5, 0.6) is 0 Å². The van der Waals surface area contributed by atoms with Gasteiger partial charge in [-0.1, -0.05) is 43.0 Å². The predicted molar refractivity (Wildman–Crippen MR) is 104 cm³/mol. The van der Waals surface area contributed by atoms with E-state index in [1.807, 2.05) is 36.5 Å². The minimum Gasteiger partial charge on any atom is -0.313 e. The number of halogens is 1. The fourth-order valence-corrected chi connectivity index (χ4v) is 4.66. The molecule has 2 aromatic heterocycles. The SMILES string of the molecule is Clc1cccc(-c2csc(=Nc3cccnc3)n2C2CCCCC2)c1. The van der Waals surface area contributed by atoms with Gasteiger partial charge in [-0.05, 0) is 37.1 Å². The second-order valence-electron chi connectivity index (χ2n) is 6.40. The Balaban J connectivity index is 1.86. The maximum Gasteiger partial charge on any atom is 0.190 e. The van der Waals surface area contributed by atoms with Gasteiger partial charge in [0.1, 0.15) is 0 Å². The van der Waals surface area contributed by atoms with E-state index in [1.165, 1.54) is 37.8 Å². The van der Waals surface area contributed by atoms with Crippen molar-refractivity contribution in [3.63, 3.8) is 0 Å². The molecule has 0 radical (unpaired) electrons. The van der Waals surface area contributed by atoms with Crippen LogP contribution in [0, 0.1) is 0 Å². The van der Waals surface area contributed by atoms with Crippen LogP contribution in [0.15, 0.2) is 59.2 Å². The lowest BCUT2D eigenvalue weighted by atomic mass is 9.95. The van der Waals surface area contributed by atoms with Gasteiger partial charge in [0, 0.05) is 28.2 Å². The van der Waals surface area contributed by atoms with Crippen LogP contribution in [-0.2, 0) is 0 Å². The molecule has 0 bridgehead atoms. The lowest BCUT2D eigenvalue weighted by Gasteiger charge is -2.25. The van der Waals surface area contributed by atoms with Crippen molar-refractivity contribution in [1.82, 2.24) is 9.55 Å². The van der Waals surface area contributed by atoms with E-state index in [2.05, 4.69) is 21.0 Å². The molecule has 0 atom stereocenters. The number of hydrogen-bond acceptors (Lipinski definition) is 3. The molecule has 3 aromatic rings. The molecule has 1 fully saturated rings. The van der Waals surface area contributed by atoms with Crippen molar-refractivity contribution >= 4 is 28.6 Å². The fourth-order valence-electron chi connectivity index (χ4n) is 3.48. The van der Waals surface area contributed by atoms with E-state index < -0.39 is 0 Å². The van der Waals surface area contributed by atoms with E-state index in [4.69, 9.17) is 16.6 Å². The molecule has 128 valence electrons. The third-order valence-electron chi connectivity index (χ3n) is 4.67. The third-order valence-corrected chi connectivity index (χ3v) is 5.75. The largest absolute Gasteiger partial charge is 0.313 e. The van der Waals surface area contributed by atoms with Gasteiger partial charge in [-0.25, -0.2) is 4.99 Å². The summed E-state index contributed by atoms with van der Waals surface area (Å²) in [6.07, 6.45) is 9.92. The first-order valence-electron chi connectivity index (χ1n) is 8.72. The van der Waals surface area contributed by atoms with Gasteiger partial charge < -0.3 is 4.57 Å². The van der Waals surface area contributed by atoms with Crippen molar-refractivity contribution < 1.29 is 0 Å². The molecule has 1 saturated carbocycles. The van der Waals surface area contributed by atoms with Gasteiger partial charge >= 0.3 is 0 Å². The average molecular weight is 370 g/mol. The summed E-state index contributed by atoms with van der Waals surface area (Å²) in [7, 11) is 0. The van der Waals surface area contributed by atoms with Gasteiger partial charge in [0.2, 0.25) is 0 Å². The summed E-state index contributed by atoms with van der Waals surface area (Å²) >= 11 is 7.92. The molecule has 0 saturated heterocycles. The van der Waals surface area contributed by atoms with E-state index in [0.717, 1.165) is 21.1 Å². The number of benzene rings is 1. The molecule has 0 aliphatic heterocycles. The number of aromatic nitrogens is 2. The summed E-state index contributed by atoms with van der Waals surface area (Å²) in [6.45, 7) is 0. The molecular formula is C20H20ClN3S. The van der Waals surface area contributed by atoms with Crippen LogP contribution in [0.4, 0.5) is 5.69 Å². The van der Waals surface area contributed by atoms with Crippen LogP contribution < -0.4 is 4.80 Å². The Hall–Kier alpha value is -1.91. The van der Waals surface area contributed by atoms with Crippen LogP contribution >= 0.6 is 22.9 Å². The fraction of sp³-hybridized carbons (Fsp3) is 0.300. The summed E-state index contributed by atoms with van der Waals surface area (Å²) in [6, 6.07) is 12.5. The highest BCUT2D eigenvalue weighted by Gasteiger charge is 2.20. The molecule has 4 rings (SSSR count). The molecule has 0 spiro atoms. The molecule has 5 heteroatoms. The maximum absolute atomic E-state index is 6.23. The third kappa shape index (κ3) is 3.70. The number of hydrogen-bond donors (Lipinski definition) is 0. The van der Waals surface area contributed by atoms with Gasteiger partial charge in [0.15, 0.2) is 4.80 Å². The van der Waals surface area contributed by atoms with E-state index in [0.29, 0.717) is 6.04 Å². The Labute approximate surface area is 156 Å². The van der Waals surface area contributed by atoms with Crippen molar-refractivity contribution in [3.8, 4) is 11.3 Å². The molecule has 1 aromatic carbocycles. The molecule has 3 nitrogen and oxygen atoms in total. The Kier molecular flexibility index (Phi) is 4.99. The first-order valence-corrected chi connectivity index (χ1v) is 9.98. The first kappa shape index (κ1) is 16.6. The Bertz CT molecular complexity index is 908. The van der Waals surface area contributed by atoms with Gasteiger partial charge in [-0.15, -0.1) is 11.3 Å². The zero-order chi connectivity index (χ0) is 17.1. The number of pyridine rings is 1. The molecule has 0 unspecified atom stereocenters. The van der Waals surface area contributed by atoms with Crippen molar-refractivity contribution in [3.05, 3.63) is 64.0 Å². The van der Waals surface area contributed by atoms with Crippen molar-refractivity contribution in [2.45, 2.75) is 38.1 Å². The topological polar surface area (TPSA) is 30.2 Å². The minimum absolute atomic E-state index is 0.504. The molecule has 25 heavy (non-hydrogen) atoms. The molecular weight excluding hydrogens is 350 g/mol. The summed E-state index contributed by atoms with van der Waals surface area (Å²) in [5, 5.41) is 2.97. The Morgan fingerprint density at radius 1 is 1.12 bits per heavy atom. The lowest BCUT2D eigenvalue weighted by molar-refractivity contribution is 0.351. The average Bonchev–Trinajstić information content (AvgIpc) is 3.07. The highest BCUT2D eigenvalue weighted by atomic mass is 35.5. The normalized spacial score (nSPS) is 16.3. The monoisotopic (exact) mass is 369 g/mol. The highest BCUT2D eigenvalue weighted by Crippen LogP contribution is 2.33. The second kappa shape index (κ2) is 7.54. The number of thiazole rings is 1. The van der Waals surface area contributed by atoms with Gasteiger partial charge in [0.05, 0.1) is 17.6 Å². The van der Waals surface area contributed by atoms with Gasteiger partial charge in [-0.2, -0.15) is 0 Å². The van der Waals surface area contributed by atoms with Gasteiger partial charge in [-0.3, -0.25) is 4.98 Å². The van der Waals surface area contributed by atoms with E-state index in [-0.39, 0.29) is 0 Å². The van der Waals surface area contributed by atoms with E-state index in [1.54, 1.807) is 17.5 Å². The zero-order valence-corrected chi connectivity index (χ0v) is 15.5. The van der Waals surface area contributed by atoms with E-state index in [9.17, 15) is 0 Å². The predicted octanol–water partition coefficient (Wildman–Crippen LogP) is 6.00. The number of rotatable bonds is 3. The zero-order valence-electron chi connectivity index (χ0n) is 13.9. The van der Waals surface area contributed by atoms with Crippen LogP contribution in [0.3, 0.4) is 0 Å². The second-order valence-corrected chi connectivity index (χ2v) is 7.67. The molecule has 0 amide bonds. The van der Waals surface area contributed by atoms with Crippen LogP contribution in [0.25, 0.3) is 11.3 Å². The minimum atomic E-state index is 0.504. The highest BCUT2D eigenvalue weighted by molar-refractivity contribution is 7.07. The smallest absolute Gasteiger partial charge is 0.190 e. The van der Waals surface area contributed by atoms with Gasteiger partial charge in [0.25, 0.3) is 0 Å². The Morgan fingerprint density at radius 3 is 2.76 bits per heavy atom. The first-order chi connectivity index (χ1) is 12.3.